The van der Waals surface area contributed by atoms with Gasteiger partial charge in [-0.25, -0.2) is 23.5 Å². The number of rotatable bonds is 7. The Morgan fingerprint density at radius 2 is 2.03 bits per heavy atom. The standard InChI is InChI=1S/C21H23ClF2N4O4S/c1-5-8-33-18-25-16(22)15(28(31)32)17(26-18)27(19(29)30)21(20(2,3)4)10-12(21)11-6-7-13(23)14(24)9-11/h6-7,9,12H,5,8,10H2,1-4H3,(H,29,30)/t12-,21+/m0/s1. The van der Waals surface area contributed by atoms with Gasteiger partial charge in [0.05, 0.1) is 10.5 Å². The maximum absolute atomic E-state index is 14.0. The zero-order valence-electron chi connectivity index (χ0n) is 18.4. The van der Waals surface area contributed by atoms with Crippen LogP contribution in [-0.4, -0.2) is 37.4 Å². The Morgan fingerprint density at radius 1 is 1.36 bits per heavy atom. The molecule has 1 aliphatic carbocycles. The second-order valence-electron chi connectivity index (χ2n) is 8.80. The second-order valence-corrected chi connectivity index (χ2v) is 10.2. The van der Waals surface area contributed by atoms with E-state index in [1.54, 1.807) is 20.8 Å². The molecule has 0 saturated heterocycles. The maximum atomic E-state index is 14.0. The lowest BCUT2D eigenvalue weighted by atomic mass is 9.80. The SMILES string of the molecule is CCCSc1nc(Cl)c([N+](=O)[O-])c(N(C(=O)O)[C@]2(C(C)(C)C)C[C@H]2c2ccc(F)c(F)c2)n1. The zero-order valence-corrected chi connectivity index (χ0v) is 20.0. The van der Waals surface area contributed by atoms with E-state index in [0.717, 1.165) is 23.5 Å². The van der Waals surface area contributed by atoms with Crippen molar-refractivity contribution in [2.75, 3.05) is 10.7 Å². The van der Waals surface area contributed by atoms with Gasteiger partial charge in [-0.1, -0.05) is 57.1 Å². The number of halogens is 3. The number of nitro groups is 1. The summed E-state index contributed by atoms with van der Waals surface area (Å²) < 4.78 is 27.5. The Balaban J connectivity index is 2.23. The molecule has 12 heteroatoms. The van der Waals surface area contributed by atoms with Crippen molar-refractivity contribution >= 4 is 41.0 Å². The van der Waals surface area contributed by atoms with E-state index in [-0.39, 0.29) is 11.6 Å². The average molecular weight is 501 g/mol. The Kier molecular flexibility index (Phi) is 6.86. The summed E-state index contributed by atoms with van der Waals surface area (Å²) >= 11 is 7.31. The van der Waals surface area contributed by atoms with Crippen molar-refractivity contribution in [3.8, 4) is 0 Å². The van der Waals surface area contributed by atoms with Crippen LogP contribution in [0.2, 0.25) is 5.15 Å². The van der Waals surface area contributed by atoms with Gasteiger partial charge in [-0.2, -0.15) is 4.98 Å². The Morgan fingerprint density at radius 3 is 2.55 bits per heavy atom. The van der Waals surface area contributed by atoms with Crippen LogP contribution in [-0.2, 0) is 0 Å². The lowest BCUT2D eigenvalue weighted by molar-refractivity contribution is -0.384. The molecule has 3 rings (SSSR count). The van der Waals surface area contributed by atoms with Crippen LogP contribution in [0.15, 0.2) is 23.4 Å². The summed E-state index contributed by atoms with van der Waals surface area (Å²) in [5.41, 5.74) is -2.32. The number of hydrogen-bond donors (Lipinski definition) is 1. The number of thioether (sulfide) groups is 1. The van der Waals surface area contributed by atoms with E-state index in [9.17, 15) is 28.8 Å². The lowest BCUT2D eigenvalue weighted by Gasteiger charge is -2.39. The van der Waals surface area contributed by atoms with Crippen molar-refractivity contribution in [3.05, 3.63) is 50.7 Å². The van der Waals surface area contributed by atoms with E-state index in [0.29, 0.717) is 11.3 Å². The molecule has 1 saturated carbocycles. The van der Waals surface area contributed by atoms with Gasteiger partial charge in [0.2, 0.25) is 11.0 Å². The quantitative estimate of drug-likeness (QED) is 0.157. The van der Waals surface area contributed by atoms with Crippen molar-refractivity contribution in [1.82, 2.24) is 9.97 Å². The van der Waals surface area contributed by atoms with E-state index in [1.165, 1.54) is 17.8 Å². The minimum atomic E-state index is -1.47. The normalized spacial score (nSPS) is 19.9. The van der Waals surface area contributed by atoms with E-state index in [2.05, 4.69) is 9.97 Å². The summed E-state index contributed by atoms with van der Waals surface area (Å²) in [7, 11) is 0. The largest absolute Gasteiger partial charge is 0.465 e. The zero-order chi connectivity index (χ0) is 24.7. The van der Waals surface area contributed by atoms with Crippen LogP contribution in [0.5, 0.6) is 0 Å². The second kappa shape index (κ2) is 9.02. The molecule has 1 amide bonds. The number of aromatic nitrogens is 2. The van der Waals surface area contributed by atoms with Crippen LogP contribution in [0.25, 0.3) is 0 Å². The van der Waals surface area contributed by atoms with Crippen molar-refractivity contribution in [2.45, 2.75) is 57.1 Å². The fourth-order valence-electron chi connectivity index (χ4n) is 4.21. The molecular formula is C21H23ClF2N4O4S. The lowest BCUT2D eigenvalue weighted by Crippen LogP contribution is -2.51. The van der Waals surface area contributed by atoms with Crippen LogP contribution in [0.1, 0.15) is 52.0 Å². The molecule has 33 heavy (non-hydrogen) atoms. The molecule has 0 unspecified atom stereocenters. The van der Waals surface area contributed by atoms with Crippen molar-refractivity contribution < 1.29 is 23.6 Å². The van der Waals surface area contributed by atoms with Gasteiger partial charge in [-0.15, -0.1) is 0 Å². The van der Waals surface area contributed by atoms with Gasteiger partial charge in [-0.05, 0) is 36.0 Å². The number of hydrogen-bond acceptors (Lipinski definition) is 6. The first-order valence-electron chi connectivity index (χ1n) is 10.2. The predicted molar refractivity (Wildman–Crippen MR) is 121 cm³/mol. The third-order valence-corrected chi connectivity index (χ3v) is 7.12. The summed E-state index contributed by atoms with van der Waals surface area (Å²) in [5.74, 6) is -2.47. The topological polar surface area (TPSA) is 109 Å². The van der Waals surface area contributed by atoms with E-state index >= 15 is 0 Å². The number of carboxylic acid groups (broad SMARTS) is 1. The smallest absolute Gasteiger partial charge is 0.413 e. The fourth-order valence-corrected chi connectivity index (χ4v) is 5.18. The molecule has 1 aromatic heterocycles. The van der Waals surface area contributed by atoms with E-state index < -0.39 is 56.2 Å². The number of benzene rings is 1. The molecule has 0 spiro atoms. The third-order valence-electron chi connectivity index (χ3n) is 5.80. The third kappa shape index (κ3) is 4.48. The molecule has 1 aromatic carbocycles. The molecule has 1 aliphatic rings. The van der Waals surface area contributed by atoms with Gasteiger partial charge < -0.3 is 5.11 Å². The highest BCUT2D eigenvalue weighted by atomic mass is 35.5. The van der Waals surface area contributed by atoms with E-state index in [1.807, 2.05) is 6.92 Å². The molecule has 0 aliphatic heterocycles. The van der Waals surface area contributed by atoms with Gasteiger partial charge in [0.1, 0.15) is 0 Å². The number of carbonyl (C=O) groups is 1. The van der Waals surface area contributed by atoms with E-state index in [4.69, 9.17) is 11.6 Å². The summed E-state index contributed by atoms with van der Waals surface area (Å²) in [6, 6.07) is 3.39. The molecule has 0 bridgehead atoms. The van der Waals surface area contributed by atoms with Crippen LogP contribution in [0, 0.1) is 27.2 Å². The summed E-state index contributed by atoms with van der Waals surface area (Å²) in [5, 5.41) is 21.7. The van der Waals surface area contributed by atoms with Crippen molar-refractivity contribution in [3.63, 3.8) is 0 Å². The number of amides is 1. The first-order chi connectivity index (χ1) is 15.3. The summed E-state index contributed by atoms with van der Waals surface area (Å²) in [6.45, 7) is 7.27. The minimum Gasteiger partial charge on any atom is -0.465 e. The van der Waals surface area contributed by atoms with Gasteiger partial charge >= 0.3 is 11.8 Å². The number of nitrogens with zero attached hydrogens (tertiary/aromatic N) is 4. The van der Waals surface area contributed by atoms with Gasteiger partial charge in [-0.3, -0.25) is 10.1 Å². The molecule has 178 valence electrons. The summed E-state index contributed by atoms with van der Waals surface area (Å²) in [6.07, 6.45) is -0.478. The highest BCUT2D eigenvalue weighted by Crippen LogP contribution is 2.65. The molecule has 2 atom stereocenters. The molecule has 1 N–H and O–H groups in total. The minimum absolute atomic E-state index is 0.114. The molecule has 8 nitrogen and oxygen atoms in total. The van der Waals surface area contributed by atoms with Crippen molar-refractivity contribution in [1.29, 1.82) is 0 Å². The Labute approximate surface area is 198 Å². The molecular weight excluding hydrogens is 478 g/mol. The van der Waals surface area contributed by atoms with Crippen LogP contribution >= 0.6 is 23.4 Å². The first-order valence-corrected chi connectivity index (χ1v) is 11.5. The van der Waals surface area contributed by atoms with Gasteiger partial charge in [0.25, 0.3) is 0 Å². The highest BCUT2D eigenvalue weighted by molar-refractivity contribution is 7.99. The van der Waals surface area contributed by atoms with Crippen LogP contribution < -0.4 is 4.90 Å². The molecule has 0 radical (unpaired) electrons. The first kappa shape index (κ1) is 25.1. The highest BCUT2D eigenvalue weighted by Gasteiger charge is 2.68. The molecule has 1 fully saturated rings. The molecule has 1 heterocycles. The Bertz CT molecular complexity index is 1110. The maximum Gasteiger partial charge on any atom is 0.413 e. The average Bonchev–Trinajstić information content (AvgIpc) is 3.44. The van der Waals surface area contributed by atoms with Crippen molar-refractivity contribution in [2.24, 2.45) is 5.41 Å². The fraction of sp³-hybridized carbons (Fsp3) is 0.476. The van der Waals surface area contributed by atoms with Crippen LogP contribution in [0.3, 0.4) is 0 Å². The van der Waals surface area contributed by atoms with Crippen LogP contribution in [0.4, 0.5) is 25.1 Å². The number of anilines is 1. The predicted octanol–water partition coefficient (Wildman–Crippen LogP) is 6.28. The summed E-state index contributed by atoms with van der Waals surface area (Å²) in [4.78, 5) is 32.7. The monoisotopic (exact) mass is 500 g/mol. The van der Waals surface area contributed by atoms with Gasteiger partial charge in [0.15, 0.2) is 16.8 Å². The van der Waals surface area contributed by atoms with Gasteiger partial charge in [0, 0.05) is 11.7 Å². The molecule has 2 aromatic rings. The Hall–Kier alpha value is -2.53.